The molecule has 0 atom stereocenters. The van der Waals surface area contributed by atoms with E-state index in [4.69, 9.17) is 10.9 Å². The maximum Gasteiger partial charge on any atom is 0.263 e. The van der Waals surface area contributed by atoms with E-state index in [1.54, 1.807) is 19.4 Å². The van der Waals surface area contributed by atoms with Gasteiger partial charge in [0.05, 0.1) is 17.2 Å². The molecule has 4 N–H and O–H groups in total. The van der Waals surface area contributed by atoms with Gasteiger partial charge in [-0.3, -0.25) is 9.78 Å². The summed E-state index contributed by atoms with van der Waals surface area (Å²) in [7, 11) is 0. The van der Waals surface area contributed by atoms with Gasteiger partial charge in [0.2, 0.25) is 0 Å². The van der Waals surface area contributed by atoms with Crippen LogP contribution in [0.25, 0.3) is 0 Å². The van der Waals surface area contributed by atoms with Gasteiger partial charge in [-0.05, 0) is 13.8 Å². The van der Waals surface area contributed by atoms with Crippen LogP contribution < -0.4 is 11.1 Å². The van der Waals surface area contributed by atoms with E-state index in [0.717, 1.165) is 0 Å². The molecule has 15 heavy (non-hydrogen) atoms. The highest BCUT2D eigenvalue weighted by Crippen LogP contribution is 2.09. The Morgan fingerprint density at radius 1 is 1.73 bits per heavy atom. The first-order valence-electron chi connectivity index (χ1n) is 4.16. The Labute approximate surface area is 90.8 Å². The molecule has 6 nitrogen and oxygen atoms in total. The van der Waals surface area contributed by atoms with Gasteiger partial charge in [0.15, 0.2) is 5.84 Å². The van der Waals surface area contributed by atoms with Crippen molar-refractivity contribution in [1.82, 2.24) is 10.3 Å². The number of oxime groups is 1. The topological polar surface area (TPSA) is 101 Å². The van der Waals surface area contributed by atoms with E-state index >= 15 is 0 Å². The molecule has 0 aliphatic heterocycles. The number of amidine groups is 1. The highest BCUT2D eigenvalue weighted by molar-refractivity contribution is 7.11. The summed E-state index contributed by atoms with van der Waals surface area (Å²) in [6.45, 7) is 3.28. The highest BCUT2D eigenvalue weighted by Gasteiger charge is 2.26. The van der Waals surface area contributed by atoms with Crippen LogP contribution in [0.1, 0.15) is 23.5 Å². The number of hydrogen-bond donors (Lipinski definition) is 3. The number of carbonyl (C=O) groups excluding carboxylic acids is 1. The molecule has 0 radical (unpaired) electrons. The largest absolute Gasteiger partial charge is 0.409 e. The molecule has 0 spiro atoms. The maximum atomic E-state index is 11.6. The van der Waals surface area contributed by atoms with Crippen LogP contribution in [0.5, 0.6) is 0 Å². The van der Waals surface area contributed by atoms with Crippen LogP contribution in [0, 0.1) is 0 Å². The molecule has 0 saturated heterocycles. The maximum absolute atomic E-state index is 11.6. The van der Waals surface area contributed by atoms with Gasteiger partial charge in [-0.2, -0.15) is 0 Å². The van der Waals surface area contributed by atoms with E-state index in [1.807, 2.05) is 0 Å². The summed E-state index contributed by atoms with van der Waals surface area (Å²) in [6, 6.07) is 0. The number of rotatable bonds is 3. The molecule has 1 rings (SSSR count). The van der Waals surface area contributed by atoms with Crippen LogP contribution in [0.15, 0.2) is 16.9 Å². The smallest absolute Gasteiger partial charge is 0.263 e. The molecule has 1 aromatic rings. The van der Waals surface area contributed by atoms with Crippen molar-refractivity contribution in [3.8, 4) is 0 Å². The van der Waals surface area contributed by atoms with Crippen LogP contribution in [-0.2, 0) is 0 Å². The van der Waals surface area contributed by atoms with Crippen molar-refractivity contribution in [3.05, 3.63) is 16.6 Å². The molecule has 0 aromatic carbocycles. The zero-order chi connectivity index (χ0) is 11.5. The van der Waals surface area contributed by atoms with E-state index in [1.165, 1.54) is 17.5 Å². The van der Waals surface area contributed by atoms with Crippen LogP contribution in [-0.4, -0.2) is 27.5 Å². The lowest BCUT2D eigenvalue weighted by atomic mass is 10.0. The van der Waals surface area contributed by atoms with Crippen molar-refractivity contribution in [3.63, 3.8) is 0 Å². The first-order chi connectivity index (χ1) is 6.97. The second-order valence-electron chi connectivity index (χ2n) is 3.43. The van der Waals surface area contributed by atoms with Gasteiger partial charge in [0.25, 0.3) is 5.91 Å². The minimum Gasteiger partial charge on any atom is -0.409 e. The molecule has 1 aromatic heterocycles. The van der Waals surface area contributed by atoms with E-state index in [2.05, 4.69) is 15.5 Å². The quantitative estimate of drug-likeness (QED) is 0.301. The third-order valence-electron chi connectivity index (χ3n) is 1.83. The Kier molecular flexibility index (Phi) is 3.25. The van der Waals surface area contributed by atoms with Gasteiger partial charge in [-0.25, -0.2) is 0 Å². The predicted octanol–water partition coefficient (Wildman–Crippen LogP) is 0.398. The van der Waals surface area contributed by atoms with Crippen LogP contribution >= 0.6 is 11.3 Å². The predicted molar refractivity (Wildman–Crippen MR) is 57.1 cm³/mol. The normalized spacial score (nSPS) is 12.5. The third kappa shape index (κ3) is 2.66. The average molecular weight is 228 g/mol. The summed E-state index contributed by atoms with van der Waals surface area (Å²) in [5, 5.41) is 14.0. The van der Waals surface area contributed by atoms with E-state index < -0.39 is 5.54 Å². The molecular weight excluding hydrogens is 216 g/mol. The van der Waals surface area contributed by atoms with Crippen molar-refractivity contribution < 1.29 is 10.0 Å². The van der Waals surface area contributed by atoms with E-state index in [-0.39, 0.29) is 11.7 Å². The number of thiazole rings is 1. The monoisotopic (exact) mass is 228 g/mol. The van der Waals surface area contributed by atoms with Gasteiger partial charge in [-0.1, -0.05) is 5.16 Å². The van der Waals surface area contributed by atoms with Crippen LogP contribution in [0.2, 0.25) is 0 Å². The third-order valence-corrected chi connectivity index (χ3v) is 2.60. The molecule has 82 valence electrons. The fourth-order valence-corrected chi connectivity index (χ4v) is 1.38. The van der Waals surface area contributed by atoms with Gasteiger partial charge >= 0.3 is 0 Å². The Bertz CT molecular complexity index is 372. The second kappa shape index (κ2) is 4.26. The molecule has 0 fully saturated rings. The zero-order valence-electron chi connectivity index (χ0n) is 8.39. The van der Waals surface area contributed by atoms with Crippen molar-refractivity contribution in [1.29, 1.82) is 0 Å². The molecule has 0 unspecified atom stereocenters. The average Bonchev–Trinajstić information content (AvgIpc) is 2.68. The SMILES string of the molecule is CC(C)(NC(=O)c1cncs1)C(N)=NO. The molecule has 0 aliphatic carbocycles. The number of hydrogen-bond acceptors (Lipinski definition) is 5. The zero-order valence-corrected chi connectivity index (χ0v) is 9.21. The molecule has 1 heterocycles. The number of nitrogens with zero attached hydrogens (tertiary/aromatic N) is 2. The van der Waals surface area contributed by atoms with Crippen LogP contribution in [0.4, 0.5) is 0 Å². The lowest BCUT2D eigenvalue weighted by Gasteiger charge is -2.23. The number of amides is 1. The number of aromatic nitrogens is 1. The summed E-state index contributed by atoms with van der Waals surface area (Å²) >= 11 is 1.22. The van der Waals surface area contributed by atoms with Gasteiger partial charge in [0, 0.05) is 0 Å². The number of nitrogens with one attached hydrogen (secondary N) is 1. The summed E-state index contributed by atoms with van der Waals surface area (Å²) in [6.07, 6.45) is 1.46. The minimum atomic E-state index is -0.893. The van der Waals surface area contributed by atoms with Crippen molar-refractivity contribution in [2.75, 3.05) is 0 Å². The summed E-state index contributed by atoms with van der Waals surface area (Å²) in [4.78, 5) is 15.9. The lowest BCUT2D eigenvalue weighted by molar-refractivity contribution is 0.0935. The standard InChI is InChI=1S/C8H12N4O2S/c1-8(2,7(9)12-14)11-6(13)5-3-10-4-15-5/h3-4,14H,1-2H3,(H2,9,12)(H,11,13). The molecule has 1 amide bonds. The van der Waals surface area contributed by atoms with Gasteiger partial charge < -0.3 is 16.3 Å². The van der Waals surface area contributed by atoms with Gasteiger partial charge in [0.1, 0.15) is 4.88 Å². The fourth-order valence-electron chi connectivity index (χ4n) is 0.862. The molecule has 0 bridgehead atoms. The Hall–Kier alpha value is -1.63. The van der Waals surface area contributed by atoms with E-state index in [0.29, 0.717) is 4.88 Å². The van der Waals surface area contributed by atoms with Crippen LogP contribution in [0.3, 0.4) is 0 Å². The molecular formula is C8H12N4O2S. The minimum absolute atomic E-state index is 0.0552. The van der Waals surface area contributed by atoms with E-state index in [9.17, 15) is 4.79 Å². The summed E-state index contributed by atoms with van der Waals surface area (Å²) in [5.41, 5.74) is 6.09. The molecule has 0 aliphatic rings. The summed E-state index contributed by atoms with van der Waals surface area (Å²) in [5.74, 6) is -0.352. The van der Waals surface area contributed by atoms with Crippen molar-refractivity contribution in [2.24, 2.45) is 10.9 Å². The first-order valence-corrected chi connectivity index (χ1v) is 5.04. The number of carbonyl (C=O) groups is 1. The first kappa shape index (κ1) is 11.4. The number of nitrogens with two attached hydrogens (primary N) is 1. The molecule has 0 saturated carbocycles. The Morgan fingerprint density at radius 3 is 2.87 bits per heavy atom. The highest BCUT2D eigenvalue weighted by atomic mass is 32.1. The Balaban J connectivity index is 2.75. The van der Waals surface area contributed by atoms with Crippen molar-refractivity contribution in [2.45, 2.75) is 19.4 Å². The van der Waals surface area contributed by atoms with Crippen molar-refractivity contribution >= 4 is 23.1 Å². The summed E-state index contributed by atoms with van der Waals surface area (Å²) < 4.78 is 0. The Morgan fingerprint density at radius 2 is 2.40 bits per heavy atom. The molecule has 7 heteroatoms. The van der Waals surface area contributed by atoms with Gasteiger partial charge in [-0.15, -0.1) is 11.3 Å². The fraction of sp³-hybridized carbons (Fsp3) is 0.375. The lowest BCUT2D eigenvalue weighted by Crippen LogP contribution is -2.53. The second-order valence-corrected chi connectivity index (χ2v) is 4.32.